The topological polar surface area (TPSA) is 71.3 Å². The van der Waals surface area contributed by atoms with E-state index < -0.39 is 0 Å². The van der Waals surface area contributed by atoms with Crippen molar-refractivity contribution < 1.29 is 14.3 Å². The number of carbonyl (C=O) groups excluding carboxylic acids is 1. The average Bonchev–Trinajstić information content (AvgIpc) is 2.61. The Bertz CT molecular complexity index is 751. The second-order valence-corrected chi connectivity index (χ2v) is 5.02. The van der Waals surface area contributed by atoms with E-state index in [1.807, 2.05) is 19.9 Å². The van der Waals surface area contributed by atoms with Gasteiger partial charge in [0.25, 0.3) is 5.91 Å². The summed E-state index contributed by atoms with van der Waals surface area (Å²) in [5.41, 5.74) is 1.94. The van der Waals surface area contributed by atoms with E-state index in [1.165, 1.54) is 0 Å². The second kappa shape index (κ2) is 8.59. The fourth-order valence-corrected chi connectivity index (χ4v) is 2.23. The number of hydrogen-bond donors (Lipinski definition) is 1. The molecule has 0 fully saturated rings. The minimum atomic E-state index is -0.207. The summed E-state index contributed by atoms with van der Waals surface area (Å²) in [6, 6.07) is 14.3. The zero-order valence-corrected chi connectivity index (χ0v) is 13.8. The molecule has 2 aromatic rings. The number of benzene rings is 2. The molecule has 1 N–H and O–H groups in total. The largest absolute Gasteiger partial charge is 0.490 e. The molecule has 0 bridgehead atoms. The molecule has 5 heteroatoms. The van der Waals surface area contributed by atoms with Gasteiger partial charge < -0.3 is 14.8 Å². The number of hydrogen-bond acceptors (Lipinski definition) is 4. The van der Waals surface area contributed by atoms with Crippen LogP contribution in [0.5, 0.6) is 11.5 Å². The van der Waals surface area contributed by atoms with Crippen molar-refractivity contribution in [2.24, 2.45) is 0 Å². The van der Waals surface area contributed by atoms with Crippen LogP contribution in [0.15, 0.2) is 42.5 Å². The lowest BCUT2D eigenvalue weighted by Gasteiger charge is -2.12. The van der Waals surface area contributed by atoms with E-state index in [2.05, 4.69) is 11.4 Å². The van der Waals surface area contributed by atoms with Gasteiger partial charge in [-0.25, -0.2) is 0 Å². The number of nitriles is 1. The van der Waals surface area contributed by atoms with Crippen molar-refractivity contribution in [2.45, 2.75) is 20.4 Å². The molecule has 0 radical (unpaired) electrons. The first-order valence-corrected chi connectivity index (χ1v) is 7.84. The Balaban J connectivity index is 2.08. The predicted molar refractivity (Wildman–Crippen MR) is 91.1 cm³/mol. The molecule has 24 heavy (non-hydrogen) atoms. The van der Waals surface area contributed by atoms with E-state index in [0.29, 0.717) is 42.4 Å². The second-order valence-electron chi connectivity index (χ2n) is 5.02. The maximum Gasteiger partial charge on any atom is 0.251 e. The average molecular weight is 324 g/mol. The van der Waals surface area contributed by atoms with Gasteiger partial charge in [0.1, 0.15) is 0 Å². The minimum Gasteiger partial charge on any atom is -0.490 e. The first kappa shape index (κ1) is 17.4. The summed E-state index contributed by atoms with van der Waals surface area (Å²) in [5.74, 6) is 0.970. The minimum absolute atomic E-state index is 0.207. The van der Waals surface area contributed by atoms with Crippen LogP contribution in [-0.4, -0.2) is 19.1 Å². The molecule has 0 saturated carbocycles. The van der Waals surface area contributed by atoms with E-state index in [9.17, 15) is 4.79 Å². The lowest BCUT2D eigenvalue weighted by Crippen LogP contribution is -2.22. The standard InChI is InChI=1S/C19H20N2O3/c1-3-23-17-9-8-16(11-18(17)24-4-2)19(22)21-13-15-7-5-6-14(10-15)12-20/h5-11H,3-4,13H2,1-2H3,(H,21,22). The highest BCUT2D eigenvalue weighted by Gasteiger charge is 2.11. The Hall–Kier alpha value is -3.00. The van der Waals surface area contributed by atoms with Crippen LogP contribution in [-0.2, 0) is 6.54 Å². The zero-order chi connectivity index (χ0) is 17.4. The van der Waals surface area contributed by atoms with E-state index >= 15 is 0 Å². The van der Waals surface area contributed by atoms with Gasteiger partial charge in [0.05, 0.1) is 24.8 Å². The summed E-state index contributed by atoms with van der Waals surface area (Å²) in [5, 5.41) is 11.7. The maximum absolute atomic E-state index is 12.3. The van der Waals surface area contributed by atoms with E-state index in [0.717, 1.165) is 5.56 Å². The summed E-state index contributed by atoms with van der Waals surface area (Å²) in [6.45, 7) is 5.15. The van der Waals surface area contributed by atoms with Gasteiger partial charge in [-0.1, -0.05) is 12.1 Å². The van der Waals surface area contributed by atoms with Crippen molar-refractivity contribution in [3.63, 3.8) is 0 Å². The third kappa shape index (κ3) is 4.50. The quantitative estimate of drug-likeness (QED) is 0.848. The van der Waals surface area contributed by atoms with Crippen molar-refractivity contribution in [3.8, 4) is 17.6 Å². The van der Waals surface area contributed by atoms with E-state index in [1.54, 1.807) is 36.4 Å². The molecule has 0 aliphatic carbocycles. The SMILES string of the molecule is CCOc1ccc(C(=O)NCc2cccc(C#N)c2)cc1OCC. The summed E-state index contributed by atoms with van der Waals surface area (Å²) in [7, 11) is 0. The zero-order valence-electron chi connectivity index (χ0n) is 13.8. The van der Waals surface area contributed by atoms with Crippen molar-refractivity contribution in [2.75, 3.05) is 13.2 Å². The third-order valence-electron chi connectivity index (χ3n) is 3.31. The highest BCUT2D eigenvalue weighted by Crippen LogP contribution is 2.28. The Labute approximate surface area is 141 Å². The predicted octanol–water partition coefficient (Wildman–Crippen LogP) is 3.29. The lowest BCUT2D eigenvalue weighted by atomic mass is 10.1. The van der Waals surface area contributed by atoms with Gasteiger partial charge >= 0.3 is 0 Å². The molecule has 2 rings (SSSR count). The molecular formula is C19H20N2O3. The van der Waals surface area contributed by atoms with Gasteiger partial charge in [-0.15, -0.1) is 0 Å². The van der Waals surface area contributed by atoms with Gasteiger partial charge in [0, 0.05) is 12.1 Å². The summed E-state index contributed by atoms with van der Waals surface area (Å²) >= 11 is 0. The maximum atomic E-state index is 12.3. The first-order chi connectivity index (χ1) is 11.7. The highest BCUT2D eigenvalue weighted by atomic mass is 16.5. The van der Waals surface area contributed by atoms with Crippen LogP contribution in [0.4, 0.5) is 0 Å². The number of rotatable bonds is 7. The smallest absolute Gasteiger partial charge is 0.251 e. The van der Waals surface area contributed by atoms with Crippen LogP contribution in [0.3, 0.4) is 0 Å². The molecule has 0 atom stereocenters. The number of carbonyl (C=O) groups is 1. The fraction of sp³-hybridized carbons (Fsp3) is 0.263. The molecule has 0 saturated heterocycles. The Morgan fingerprint density at radius 3 is 2.54 bits per heavy atom. The van der Waals surface area contributed by atoms with Crippen molar-refractivity contribution in [1.29, 1.82) is 5.26 Å². The van der Waals surface area contributed by atoms with Crippen molar-refractivity contribution >= 4 is 5.91 Å². The Morgan fingerprint density at radius 1 is 1.08 bits per heavy atom. The van der Waals surface area contributed by atoms with Gasteiger partial charge in [-0.2, -0.15) is 5.26 Å². The van der Waals surface area contributed by atoms with Crippen molar-refractivity contribution in [3.05, 3.63) is 59.2 Å². The van der Waals surface area contributed by atoms with Crippen LogP contribution in [0, 0.1) is 11.3 Å². The van der Waals surface area contributed by atoms with Crippen LogP contribution < -0.4 is 14.8 Å². The van der Waals surface area contributed by atoms with E-state index in [-0.39, 0.29) is 5.91 Å². The van der Waals surface area contributed by atoms with Crippen LogP contribution in [0.1, 0.15) is 35.3 Å². The summed E-state index contributed by atoms with van der Waals surface area (Å²) in [4.78, 5) is 12.3. The number of amides is 1. The lowest BCUT2D eigenvalue weighted by molar-refractivity contribution is 0.0950. The van der Waals surface area contributed by atoms with Gasteiger partial charge in [0.2, 0.25) is 0 Å². The fourth-order valence-electron chi connectivity index (χ4n) is 2.23. The highest BCUT2D eigenvalue weighted by molar-refractivity contribution is 5.94. The number of nitrogens with zero attached hydrogens (tertiary/aromatic N) is 1. The molecule has 1 amide bonds. The van der Waals surface area contributed by atoms with Crippen LogP contribution in [0.25, 0.3) is 0 Å². The summed E-state index contributed by atoms with van der Waals surface area (Å²) in [6.07, 6.45) is 0. The van der Waals surface area contributed by atoms with Crippen LogP contribution in [0.2, 0.25) is 0 Å². The number of ether oxygens (including phenoxy) is 2. The van der Waals surface area contributed by atoms with Crippen molar-refractivity contribution in [1.82, 2.24) is 5.32 Å². The molecule has 0 spiro atoms. The monoisotopic (exact) mass is 324 g/mol. The molecule has 0 aromatic heterocycles. The molecule has 5 nitrogen and oxygen atoms in total. The molecule has 0 aliphatic heterocycles. The number of nitrogens with one attached hydrogen (secondary N) is 1. The van der Waals surface area contributed by atoms with Gasteiger partial charge in [0.15, 0.2) is 11.5 Å². The first-order valence-electron chi connectivity index (χ1n) is 7.84. The van der Waals surface area contributed by atoms with E-state index in [4.69, 9.17) is 14.7 Å². The summed E-state index contributed by atoms with van der Waals surface area (Å²) < 4.78 is 11.0. The van der Waals surface area contributed by atoms with Gasteiger partial charge in [-0.3, -0.25) is 4.79 Å². The third-order valence-corrected chi connectivity index (χ3v) is 3.31. The van der Waals surface area contributed by atoms with Gasteiger partial charge in [-0.05, 0) is 49.7 Å². The molecule has 124 valence electrons. The normalized spacial score (nSPS) is 9.88. The molecule has 2 aromatic carbocycles. The molecule has 0 unspecified atom stereocenters. The molecular weight excluding hydrogens is 304 g/mol. The van der Waals surface area contributed by atoms with Crippen LogP contribution >= 0.6 is 0 Å². The molecule has 0 heterocycles. The Morgan fingerprint density at radius 2 is 1.83 bits per heavy atom. The molecule has 0 aliphatic rings. The Kier molecular flexibility index (Phi) is 6.21.